The summed E-state index contributed by atoms with van der Waals surface area (Å²) >= 11 is 0. The third-order valence-corrected chi connectivity index (χ3v) is 4.13. The molecule has 1 aliphatic heterocycles. The van der Waals surface area contributed by atoms with Crippen LogP contribution in [0.1, 0.15) is 32.8 Å². The summed E-state index contributed by atoms with van der Waals surface area (Å²) in [4.78, 5) is 0. The zero-order valence-corrected chi connectivity index (χ0v) is 9.90. The predicted molar refractivity (Wildman–Crippen MR) is 60.4 cm³/mol. The first-order chi connectivity index (χ1) is 7.37. The monoisotopic (exact) mass is 225 g/mol. The van der Waals surface area contributed by atoms with Crippen molar-refractivity contribution in [1.29, 1.82) is 0 Å². The molecule has 88 valence electrons. The Morgan fingerprint density at radius 2 is 1.81 bits per heavy atom. The van der Waals surface area contributed by atoms with Crippen molar-refractivity contribution in [3.8, 4) is 0 Å². The highest BCUT2D eigenvalue weighted by Crippen LogP contribution is 2.42. The van der Waals surface area contributed by atoms with E-state index in [0.29, 0.717) is 0 Å². The lowest BCUT2D eigenvalue weighted by Gasteiger charge is -2.38. The van der Waals surface area contributed by atoms with Crippen molar-refractivity contribution in [2.24, 2.45) is 0 Å². The Hall–Kier alpha value is -0.960. The molecule has 0 radical (unpaired) electrons. The summed E-state index contributed by atoms with van der Waals surface area (Å²) in [5.41, 5.74) is 0.611. The molecular formula is C13H17F2N. The van der Waals surface area contributed by atoms with Crippen molar-refractivity contribution < 1.29 is 8.78 Å². The highest BCUT2D eigenvalue weighted by atomic mass is 19.2. The van der Waals surface area contributed by atoms with E-state index in [4.69, 9.17) is 0 Å². The van der Waals surface area contributed by atoms with E-state index in [1.807, 2.05) is 0 Å². The van der Waals surface area contributed by atoms with E-state index in [9.17, 15) is 8.78 Å². The van der Waals surface area contributed by atoms with E-state index in [-0.39, 0.29) is 11.0 Å². The van der Waals surface area contributed by atoms with Crippen LogP contribution in [0.25, 0.3) is 0 Å². The second-order valence-corrected chi connectivity index (χ2v) is 5.26. The zero-order valence-electron chi connectivity index (χ0n) is 9.90. The standard InChI is InChI=1S/C13H17F2N/c1-12(2)13(3,6-7-16-12)9-4-5-10(14)11(15)8-9/h4-5,8,16H,6-7H2,1-3H3. The van der Waals surface area contributed by atoms with E-state index in [1.165, 1.54) is 12.1 Å². The minimum atomic E-state index is -0.781. The number of rotatable bonds is 1. The summed E-state index contributed by atoms with van der Waals surface area (Å²) in [6, 6.07) is 4.22. The summed E-state index contributed by atoms with van der Waals surface area (Å²) in [5.74, 6) is -1.54. The molecule has 0 saturated carbocycles. The van der Waals surface area contributed by atoms with Crippen molar-refractivity contribution in [1.82, 2.24) is 5.32 Å². The Labute approximate surface area is 94.9 Å². The first kappa shape index (κ1) is 11.5. The molecule has 1 aromatic carbocycles. The van der Waals surface area contributed by atoms with Gasteiger partial charge in [0, 0.05) is 11.0 Å². The summed E-state index contributed by atoms with van der Waals surface area (Å²) in [6.07, 6.45) is 0.936. The number of benzene rings is 1. The van der Waals surface area contributed by atoms with Crippen LogP contribution >= 0.6 is 0 Å². The largest absolute Gasteiger partial charge is 0.311 e. The van der Waals surface area contributed by atoms with Gasteiger partial charge in [-0.1, -0.05) is 13.0 Å². The van der Waals surface area contributed by atoms with Crippen LogP contribution in [0.2, 0.25) is 0 Å². The van der Waals surface area contributed by atoms with Crippen LogP contribution in [-0.4, -0.2) is 12.1 Å². The Balaban J connectivity index is 2.47. The Morgan fingerprint density at radius 3 is 2.31 bits per heavy atom. The van der Waals surface area contributed by atoms with E-state index in [1.54, 1.807) is 6.07 Å². The van der Waals surface area contributed by atoms with Crippen LogP contribution in [0, 0.1) is 11.6 Å². The molecule has 3 heteroatoms. The molecule has 1 fully saturated rings. The SMILES string of the molecule is CC1(C)NCCC1(C)c1ccc(F)c(F)c1. The van der Waals surface area contributed by atoms with Crippen molar-refractivity contribution >= 4 is 0 Å². The van der Waals surface area contributed by atoms with Gasteiger partial charge in [0.2, 0.25) is 0 Å². The van der Waals surface area contributed by atoms with E-state index in [0.717, 1.165) is 18.5 Å². The van der Waals surface area contributed by atoms with Crippen LogP contribution in [0.3, 0.4) is 0 Å². The maximum Gasteiger partial charge on any atom is 0.159 e. The van der Waals surface area contributed by atoms with Crippen molar-refractivity contribution in [2.75, 3.05) is 6.54 Å². The number of hydrogen-bond acceptors (Lipinski definition) is 1. The van der Waals surface area contributed by atoms with Crippen molar-refractivity contribution in [3.63, 3.8) is 0 Å². The molecule has 1 atom stereocenters. The van der Waals surface area contributed by atoms with Gasteiger partial charge in [-0.05, 0) is 44.5 Å². The van der Waals surface area contributed by atoms with E-state index in [2.05, 4.69) is 26.1 Å². The van der Waals surface area contributed by atoms with Gasteiger partial charge in [0.25, 0.3) is 0 Å². The maximum absolute atomic E-state index is 13.3. The Morgan fingerprint density at radius 1 is 1.12 bits per heavy atom. The molecule has 1 aliphatic rings. The topological polar surface area (TPSA) is 12.0 Å². The minimum absolute atomic E-state index is 0.0999. The number of halogens is 2. The van der Waals surface area contributed by atoms with Crippen molar-refractivity contribution in [2.45, 2.75) is 38.1 Å². The molecule has 0 bridgehead atoms. The fraction of sp³-hybridized carbons (Fsp3) is 0.538. The zero-order chi connectivity index (χ0) is 12.0. The van der Waals surface area contributed by atoms with Crippen LogP contribution < -0.4 is 5.32 Å². The minimum Gasteiger partial charge on any atom is -0.311 e. The van der Waals surface area contributed by atoms with Gasteiger partial charge in [-0.3, -0.25) is 0 Å². The van der Waals surface area contributed by atoms with Gasteiger partial charge < -0.3 is 5.32 Å². The van der Waals surface area contributed by atoms with Crippen LogP contribution in [-0.2, 0) is 5.41 Å². The summed E-state index contributed by atoms with van der Waals surface area (Å²) in [5, 5.41) is 3.40. The quantitative estimate of drug-likeness (QED) is 0.774. The molecule has 1 heterocycles. The molecule has 1 saturated heterocycles. The van der Waals surface area contributed by atoms with Crippen molar-refractivity contribution in [3.05, 3.63) is 35.4 Å². The molecule has 16 heavy (non-hydrogen) atoms. The average molecular weight is 225 g/mol. The smallest absolute Gasteiger partial charge is 0.159 e. The fourth-order valence-electron chi connectivity index (χ4n) is 2.48. The molecule has 0 spiro atoms. The maximum atomic E-state index is 13.3. The van der Waals surface area contributed by atoms with Gasteiger partial charge in [-0.25, -0.2) is 8.78 Å². The number of hydrogen-bond donors (Lipinski definition) is 1. The van der Waals surface area contributed by atoms with Crippen LogP contribution in [0.15, 0.2) is 18.2 Å². The average Bonchev–Trinajstić information content (AvgIpc) is 2.47. The van der Waals surface area contributed by atoms with E-state index >= 15 is 0 Å². The first-order valence-electron chi connectivity index (χ1n) is 5.57. The molecule has 1 aromatic rings. The molecule has 2 rings (SSSR count). The molecule has 0 amide bonds. The van der Waals surface area contributed by atoms with Gasteiger partial charge in [0.1, 0.15) is 0 Å². The first-order valence-corrected chi connectivity index (χ1v) is 5.57. The van der Waals surface area contributed by atoms with Gasteiger partial charge >= 0.3 is 0 Å². The summed E-state index contributed by atoms with van der Waals surface area (Å²) < 4.78 is 26.2. The van der Waals surface area contributed by atoms with Gasteiger partial charge in [-0.15, -0.1) is 0 Å². The summed E-state index contributed by atoms with van der Waals surface area (Å²) in [7, 11) is 0. The normalized spacial score (nSPS) is 28.3. The lowest BCUT2D eigenvalue weighted by atomic mass is 9.69. The molecular weight excluding hydrogens is 208 g/mol. The molecule has 1 unspecified atom stereocenters. The predicted octanol–water partition coefficient (Wildman–Crippen LogP) is 2.99. The summed E-state index contributed by atoms with van der Waals surface area (Å²) in [6.45, 7) is 7.20. The second-order valence-electron chi connectivity index (χ2n) is 5.26. The van der Waals surface area contributed by atoms with Gasteiger partial charge in [0.15, 0.2) is 11.6 Å². The van der Waals surface area contributed by atoms with E-state index < -0.39 is 11.6 Å². The molecule has 0 aliphatic carbocycles. The Kier molecular flexibility index (Phi) is 2.54. The van der Waals surface area contributed by atoms with Gasteiger partial charge in [0.05, 0.1) is 0 Å². The highest BCUT2D eigenvalue weighted by molar-refractivity contribution is 5.32. The lowest BCUT2D eigenvalue weighted by molar-refractivity contribution is 0.295. The Bertz CT molecular complexity index is 414. The van der Waals surface area contributed by atoms with Crippen LogP contribution in [0.5, 0.6) is 0 Å². The molecule has 1 N–H and O–H groups in total. The number of nitrogens with one attached hydrogen (secondary N) is 1. The third kappa shape index (κ3) is 1.54. The molecule has 0 aromatic heterocycles. The third-order valence-electron chi connectivity index (χ3n) is 4.13. The van der Waals surface area contributed by atoms with Gasteiger partial charge in [-0.2, -0.15) is 0 Å². The fourth-order valence-corrected chi connectivity index (χ4v) is 2.48. The molecule has 1 nitrogen and oxygen atoms in total. The van der Waals surface area contributed by atoms with Crippen LogP contribution in [0.4, 0.5) is 8.78 Å². The second kappa shape index (κ2) is 3.52. The lowest BCUT2D eigenvalue weighted by Crippen LogP contribution is -2.47. The highest BCUT2D eigenvalue weighted by Gasteiger charge is 2.46.